The molecule has 0 atom stereocenters. The molecule has 9 heteroatoms. The third-order valence-corrected chi connectivity index (χ3v) is 6.09. The number of anilines is 1. The Morgan fingerprint density at radius 1 is 1.14 bits per heavy atom. The molecule has 0 saturated carbocycles. The fourth-order valence-electron chi connectivity index (χ4n) is 2.03. The lowest BCUT2D eigenvalue weighted by Gasteiger charge is -2.27. The molecule has 0 amide bonds. The zero-order chi connectivity index (χ0) is 15.5. The molecule has 0 aromatic heterocycles. The van der Waals surface area contributed by atoms with Gasteiger partial charge in [0.15, 0.2) is 0 Å². The number of rotatable bonds is 5. The van der Waals surface area contributed by atoms with Crippen molar-refractivity contribution in [3.63, 3.8) is 0 Å². The standard InChI is InChI=1S/C12H16Br3N3O2S/c13-9-7-10(14)12(11(15)8-9)17-21(19,20)6-5-18-3-1-16-2-4-18/h7-8,16-17H,1-6H2. The third-order valence-electron chi connectivity index (χ3n) is 3.15. The summed E-state index contributed by atoms with van der Waals surface area (Å²) in [6, 6.07) is 3.61. The molecule has 1 fully saturated rings. The Hall–Kier alpha value is 0.330. The molecule has 1 aliphatic rings. The second kappa shape index (κ2) is 7.74. The number of piperazine rings is 1. The summed E-state index contributed by atoms with van der Waals surface area (Å²) in [5, 5.41) is 3.25. The van der Waals surface area contributed by atoms with Crippen LogP contribution in [0.25, 0.3) is 0 Å². The van der Waals surface area contributed by atoms with Crippen LogP contribution in [0.2, 0.25) is 0 Å². The Morgan fingerprint density at radius 3 is 2.29 bits per heavy atom. The van der Waals surface area contributed by atoms with Crippen molar-refractivity contribution in [2.75, 3.05) is 43.2 Å². The van der Waals surface area contributed by atoms with Crippen LogP contribution in [0, 0.1) is 0 Å². The maximum absolute atomic E-state index is 12.2. The largest absolute Gasteiger partial charge is 0.314 e. The molecule has 118 valence electrons. The summed E-state index contributed by atoms with van der Waals surface area (Å²) in [5.41, 5.74) is 0.526. The molecule has 0 unspecified atom stereocenters. The first-order valence-corrected chi connectivity index (χ1v) is 10.5. The Balaban J connectivity index is 2.00. The van der Waals surface area contributed by atoms with Crippen molar-refractivity contribution in [2.24, 2.45) is 0 Å². The van der Waals surface area contributed by atoms with E-state index in [1.165, 1.54) is 0 Å². The maximum Gasteiger partial charge on any atom is 0.234 e. The average molecular weight is 506 g/mol. The molecule has 2 N–H and O–H groups in total. The van der Waals surface area contributed by atoms with Crippen molar-refractivity contribution in [3.05, 3.63) is 25.6 Å². The van der Waals surface area contributed by atoms with Crippen LogP contribution < -0.4 is 10.0 Å². The highest BCUT2D eigenvalue weighted by Gasteiger charge is 2.18. The number of hydrogen-bond acceptors (Lipinski definition) is 4. The molecule has 5 nitrogen and oxygen atoms in total. The van der Waals surface area contributed by atoms with E-state index in [9.17, 15) is 8.42 Å². The van der Waals surface area contributed by atoms with E-state index < -0.39 is 10.0 Å². The van der Waals surface area contributed by atoms with Gasteiger partial charge in [-0.05, 0) is 44.0 Å². The van der Waals surface area contributed by atoms with E-state index >= 15 is 0 Å². The summed E-state index contributed by atoms with van der Waals surface area (Å²) in [7, 11) is -3.38. The Bertz CT molecular complexity index is 581. The zero-order valence-electron chi connectivity index (χ0n) is 11.2. The fraction of sp³-hybridized carbons (Fsp3) is 0.500. The molecule has 0 aliphatic carbocycles. The molecule has 1 saturated heterocycles. The molecule has 1 aromatic carbocycles. The summed E-state index contributed by atoms with van der Waals surface area (Å²) in [6.07, 6.45) is 0. The lowest BCUT2D eigenvalue weighted by molar-refractivity contribution is 0.254. The summed E-state index contributed by atoms with van der Waals surface area (Å²) >= 11 is 10.1. The molecule has 0 radical (unpaired) electrons. The van der Waals surface area contributed by atoms with Crippen molar-refractivity contribution >= 4 is 63.5 Å². The topological polar surface area (TPSA) is 61.4 Å². The number of nitrogens with zero attached hydrogens (tertiary/aromatic N) is 1. The minimum absolute atomic E-state index is 0.0853. The lowest BCUT2D eigenvalue weighted by atomic mass is 10.3. The van der Waals surface area contributed by atoms with E-state index in [2.05, 4.69) is 62.7 Å². The number of sulfonamides is 1. The van der Waals surface area contributed by atoms with Crippen LogP contribution in [0.5, 0.6) is 0 Å². The van der Waals surface area contributed by atoms with Gasteiger partial charge in [0.05, 0.1) is 11.4 Å². The average Bonchev–Trinajstić information content (AvgIpc) is 2.42. The second-order valence-corrected chi connectivity index (χ2v) is 9.22. The SMILES string of the molecule is O=S(=O)(CCN1CCNCC1)Nc1c(Br)cc(Br)cc1Br. The summed E-state index contributed by atoms with van der Waals surface area (Å²) < 4.78 is 29.3. The van der Waals surface area contributed by atoms with Gasteiger partial charge in [-0.1, -0.05) is 15.9 Å². The lowest BCUT2D eigenvalue weighted by Crippen LogP contribution is -2.45. The minimum Gasteiger partial charge on any atom is -0.314 e. The normalized spacial score (nSPS) is 16.9. The third kappa shape index (κ3) is 5.47. The Morgan fingerprint density at radius 2 is 1.71 bits per heavy atom. The number of halogens is 3. The molecule has 1 heterocycles. The van der Waals surface area contributed by atoms with Crippen molar-refractivity contribution in [2.45, 2.75) is 0 Å². The molecule has 0 spiro atoms. The van der Waals surface area contributed by atoms with Gasteiger partial charge >= 0.3 is 0 Å². The van der Waals surface area contributed by atoms with Crippen LogP contribution in [0.1, 0.15) is 0 Å². The van der Waals surface area contributed by atoms with E-state index in [1.807, 2.05) is 0 Å². The van der Waals surface area contributed by atoms with Gasteiger partial charge < -0.3 is 5.32 Å². The monoisotopic (exact) mass is 503 g/mol. The van der Waals surface area contributed by atoms with Crippen molar-refractivity contribution in [1.29, 1.82) is 0 Å². The van der Waals surface area contributed by atoms with Gasteiger partial charge in [0.1, 0.15) is 0 Å². The van der Waals surface area contributed by atoms with Crippen molar-refractivity contribution in [1.82, 2.24) is 10.2 Å². The summed E-state index contributed by atoms with van der Waals surface area (Å²) in [6.45, 7) is 4.15. The van der Waals surface area contributed by atoms with Gasteiger partial charge in [0, 0.05) is 46.1 Å². The van der Waals surface area contributed by atoms with Crippen molar-refractivity contribution in [3.8, 4) is 0 Å². The summed E-state index contributed by atoms with van der Waals surface area (Å²) in [5.74, 6) is 0.0853. The molecule has 21 heavy (non-hydrogen) atoms. The predicted molar refractivity (Wildman–Crippen MR) is 96.3 cm³/mol. The predicted octanol–water partition coefficient (Wildman–Crippen LogP) is 2.62. The van der Waals surface area contributed by atoms with E-state index in [4.69, 9.17) is 0 Å². The van der Waals surface area contributed by atoms with Gasteiger partial charge in [0.2, 0.25) is 10.0 Å². The highest BCUT2D eigenvalue weighted by molar-refractivity contribution is 9.11. The van der Waals surface area contributed by atoms with Gasteiger partial charge in [-0.3, -0.25) is 9.62 Å². The molecular weight excluding hydrogens is 490 g/mol. The van der Waals surface area contributed by atoms with Crippen LogP contribution in [0.4, 0.5) is 5.69 Å². The first-order chi connectivity index (χ1) is 9.87. The van der Waals surface area contributed by atoms with E-state index in [0.29, 0.717) is 21.2 Å². The van der Waals surface area contributed by atoms with Gasteiger partial charge in [0.25, 0.3) is 0 Å². The van der Waals surface area contributed by atoms with E-state index in [1.54, 1.807) is 12.1 Å². The van der Waals surface area contributed by atoms with E-state index in [-0.39, 0.29) is 5.75 Å². The first-order valence-electron chi connectivity index (χ1n) is 6.45. The first kappa shape index (κ1) is 17.7. The quantitative estimate of drug-likeness (QED) is 0.646. The van der Waals surface area contributed by atoms with Crippen molar-refractivity contribution < 1.29 is 8.42 Å². The fourth-order valence-corrected chi connectivity index (χ4v) is 5.88. The summed E-state index contributed by atoms with van der Waals surface area (Å²) in [4.78, 5) is 2.15. The number of benzene rings is 1. The number of nitrogens with one attached hydrogen (secondary N) is 2. The maximum atomic E-state index is 12.2. The van der Waals surface area contributed by atoms with Gasteiger partial charge in [-0.2, -0.15) is 0 Å². The highest BCUT2D eigenvalue weighted by Crippen LogP contribution is 2.34. The molecule has 1 aliphatic heterocycles. The second-order valence-electron chi connectivity index (χ2n) is 4.76. The van der Waals surface area contributed by atoms with Crippen LogP contribution in [-0.4, -0.2) is 51.8 Å². The van der Waals surface area contributed by atoms with E-state index in [0.717, 1.165) is 30.7 Å². The number of hydrogen-bond donors (Lipinski definition) is 2. The minimum atomic E-state index is -3.38. The molecule has 0 bridgehead atoms. The Labute approximate surface area is 150 Å². The smallest absolute Gasteiger partial charge is 0.234 e. The molecule has 1 aromatic rings. The van der Waals surface area contributed by atoms with Gasteiger partial charge in [-0.15, -0.1) is 0 Å². The van der Waals surface area contributed by atoms with Crippen LogP contribution in [0.15, 0.2) is 25.6 Å². The highest BCUT2D eigenvalue weighted by atomic mass is 79.9. The Kier molecular flexibility index (Phi) is 6.52. The zero-order valence-corrected chi connectivity index (χ0v) is 16.8. The van der Waals surface area contributed by atoms with Crippen LogP contribution in [-0.2, 0) is 10.0 Å². The molecule has 2 rings (SSSR count). The van der Waals surface area contributed by atoms with Crippen LogP contribution in [0.3, 0.4) is 0 Å². The van der Waals surface area contributed by atoms with Gasteiger partial charge in [-0.25, -0.2) is 8.42 Å². The van der Waals surface area contributed by atoms with Crippen LogP contribution >= 0.6 is 47.8 Å². The molecular formula is C12H16Br3N3O2S.